The van der Waals surface area contributed by atoms with Gasteiger partial charge in [0.15, 0.2) is 5.13 Å². The summed E-state index contributed by atoms with van der Waals surface area (Å²) in [4.78, 5) is 21.0. The zero-order valence-corrected chi connectivity index (χ0v) is 13.3. The molecule has 0 unspecified atom stereocenters. The van der Waals surface area contributed by atoms with Crippen molar-refractivity contribution in [2.45, 2.75) is 12.8 Å². The largest absolute Gasteiger partial charge is 0.399 e. The molecule has 0 spiro atoms. The van der Waals surface area contributed by atoms with Crippen LogP contribution in [0.5, 0.6) is 0 Å². The molecule has 2 aromatic rings. The molecule has 5 nitrogen and oxygen atoms in total. The van der Waals surface area contributed by atoms with Crippen molar-refractivity contribution in [3.8, 4) is 0 Å². The number of aromatic nitrogens is 1. The summed E-state index contributed by atoms with van der Waals surface area (Å²) in [6, 6.07) is 7.53. The van der Waals surface area contributed by atoms with Gasteiger partial charge in [-0.15, -0.1) is 11.3 Å². The van der Waals surface area contributed by atoms with E-state index in [1.54, 1.807) is 11.3 Å². The summed E-state index contributed by atoms with van der Waals surface area (Å²) in [5, 5.41) is 3.04. The number of nitrogens with two attached hydrogens (primary N) is 1. The van der Waals surface area contributed by atoms with Crippen LogP contribution < -0.4 is 10.6 Å². The number of hydrogen-bond donors (Lipinski definition) is 1. The van der Waals surface area contributed by atoms with E-state index in [2.05, 4.69) is 9.88 Å². The summed E-state index contributed by atoms with van der Waals surface area (Å²) in [7, 11) is 0. The molecule has 2 heterocycles. The molecule has 1 fully saturated rings. The van der Waals surface area contributed by atoms with Gasteiger partial charge in [0.2, 0.25) is 5.91 Å². The number of nitrogens with zero attached hydrogens (tertiary/aromatic N) is 3. The minimum atomic E-state index is 0.186. The van der Waals surface area contributed by atoms with Crippen molar-refractivity contribution >= 4 is 28.1 Å². The third kappa shape index (κ3) is 3.57. The molecular weight excluding hydrogens is 296 g/mol. The Hall–Kier alpha value is -2.08. The molecule has 0 bridgehead atoms. The molecule has 6 heteroatoms. The number of amides is 1. The lowest BCUT2D eigenvalue weighted by molar-refractivity contribution is -0.130. The fourth-order valence-electron chi connectivity index (χ4n) is 2.65. The zero-order valence-electron chi connectivity index (χ0n) is 12.4. The zero-order chi connectivity index (χ0) is 15.4. The maximum absolute atomic E-state index is 12.5. The van der Waals surface area contributed by atoms with Gasteiger partial charge in [0.05, 0.1) is 6.42 Å². The van der Waals surface area contributed by atoms with Crippen LogP contribution in [0.3, 0.4) is 0 Å². The molecule has 0 atom stereocenters. The van der Waals surface area contributed by atoms with E-state index in [1.807, 2.05) is 40.7 Å². The van der Waals surface area contributed by atoms with Crippen LogP contribution in [0, 0.1) is 0 Å². The highest BCUT2D eigenvalue weighted by Gasteiger charge is 2.20. The Morgan fingerprint density at radius 2 is 2.00 bits per heavy atom. The van der Waals surface area contributed by atoms with Gasteiger partial charge in [-0.3, -0.25) is 4.79 Å². The van der Waals surface area contributed by atoms with E-state index < -0.39 is 0 Å². The number of thiazole rings is 1. The first kappa shape index (κ1) is 14.8. The molecule has 0 aliphatic carbocycles. The summed E-state index contributed by atoms with van der Waals surface area (Å²) in [6.07, 6.45) is 3.25. The number of nitrogen functional groups attached to an aromatic ring is 1. The van der Waals surface area contributed by atoms with Crippen molar-refractivity contribution in [3.63, 3.8) is 0 Å². The molecule has 116 valence electrons. The second-order valence-electron chi connectivity index (χ2n) is 5.45. The molecule has 22 heavy (non-hydrogen) atoms. The van der Waals surface area contributed by atoms with Crippen LogP contribution >= 0.6 is 11.3 Å². The van der Waals surface area contributed by atoms with Crippen LogP contribution in [-0.4, -0.2) is 42.0 Å². The van der Waals surface area contributed by atoms with Crippen LogP contribution in [-0.2, 0) is 11.2 Å². The van der Waals surface area contributed by atoms with Crippen LogP contribution in [0.25, 0.3) is 0 Å². The number of carbonyl (C=O) groups excluding carboxylic acids is 1. The van der Waals surface area contributed by atoms with Crippen LogP contribution in [0.4, 0.5) is 10.8 Å². The van der Waals surface area contributed by atoms with Crippen LogP contribution in [0.2, 0.25) is 0 Å². The van der Waals surface area contributed by atoms with E-state index in [0.717, 1.165) is 49.0 Å². The standard InChI is InChI=1S/C16H20N4OS/c17-14-4-2-13(3-5-14)12-15(21)19-7-1-8-20(10-9-19)16-18-6-11-22-16/h2-6,11H,1,7-10,12,17H2. The van der Waals surface area contributed by atoms with Crippen molar-refractivity contribution in [1.29, 1.82) is 0 Å². The smallest absolute Gasteiger partial charge is 0.227 e. The van der Waals surface area contributed by atoms with Gasteiger partial charge in [0.1, 0.15) is 0 Å². The first-order chi connectivity index (χ1) is 10.7. The highest BCUT2D eigenvalue weighted by atomic mass is 32.1. The summed E-state index contributed by atoms with van der Waals surface area (Å²) in [5.74, 6) is 0.186. The van der Waals surface area contributed by atoms with E-state index in [-0.39, 0.29) is 5.91 Å². The highest BCUT2D eigenvalue weighted by molar-refractivity contribution is 7.13. The van der Waals surface area contributed by atoms with Crippen molar-refractivity contribution < 1.29 is 4.79 Å². The van der Waals surface area contributed by atoms with E-state index in [1.165, 1.54) is 0 Å². The molecule has 1 aliphatic heterocycles. The SMILES string of the molecule is Nc1ccc(CC(=O)N2CCCN(c3nccs3)CC2)cc1. The summed E-state index contributed by atoms with van der Waals surface area (Å²) in [6.45, 7) is 3.38. The van der Waals surface area contributed by atoms with Gasteiger partial charge in [-0.25, -0.2) is 4.98 Å². The van der Waals surface area contributed by atoms with Gasteiger partial charge in [-0.1, -0.05) is 12.1 Å². The maximum atomic E-state index is 12.5. The maximum Gasteiger partial charge on any atom is 0.227 e. The average molecular weight is 316 g/mol. The second-order valence-corrected chi connectivity index (χ2v) is 6.33. The van der Waals surface area contributed by atoms with Gasteiger partial charge < -0.3 is 15.5 Å². The number of rotatable bonds is 3. The monoisotopic (exact) mass is 316 g/mol. The number of anilines is 2. The quantitative estimate of drug-likeness (QED) is 0.880. The highest BCUT2D eigenvalue weighted by Crippen LogP contribution is 2.19. The van der Waals surface area contributed by atoms with E-state index in [0.29, 0.717) is 6.42 Å². The molecule has 1 amide bonds. The molecular formula is C16H20N4OS. The lowest BCUT2D eigenvalue weighted by atomic mass is 10.1. The summed E-state index contributed by atoms with van der Waals surface area (Å²) >= 11 is 1.65. The molecule has 1 aromatic heterocycles. The van der Waals surface area contributed by atoms with Gasteiger partial charge in [-0.05, 0) is 24.1 Å². The molecule has 0 saturated carbocycles. The predicted octanol–water partition coefficient (Wildman–Crippen LogP) is 2.01. The molecule has 3 rings (SSSR count). The molecule has 1 aliphatic rings. The molecule has 2 N–H and O–H groups in total. The Kier molecular flexibility index (Phi) is 4.58. The minimum absolute atomic E-state index is 0.186. The Labute approximate surface area is 134 Å². The normalized spacial score (nSPS) is 15.6. The third-order valence-electron chi connectivity index (χ3n) is 3.87. The van der Waals surface area contributed by atoms with Crippen molar-refractivity contribution in [1.82, 2.24) is 9.88 Å². The lowest BCUT2D eigenvalue weighted by Gasteiger charge is -2.21. The number of carbonyl (C=O) groups is 1. The van der Waals surface area contributed by atoms with Crippen molar-refractivity contribution in [2.24, 2.45) is 0 Å². The van der Waals surface area contributed by atoms with Gasteiger partial charge in [0, 0.05) is 43.4 Å². The van der Waals surface area contributed by atoms with Crippen molar-refractivity contribution in [2.75, 3.05) is 36.8 Å². The molecule has 1 aromatic carbocycles. The van der Waals surface area contributed by atoms with Gasteiger partial charge in [-0.2, -0.15) is 0 Å². The van der Waals surface area contributed by atoms with E-state index in [9.17, 15) is 4.79 Å². The Morgan fingerprint density at radius 3 is 2.73 bits per heavy atom. The predicted molar refractivity (Wildman–Crippen MR) is 90.1 cm³/mol. The fraction of sp³-hybridized carbons (Fsp3) is 0.375. The molecule has 1 saturated heterocycles. The van der Waals surface area contributed by atoms with Gasteiger partial charge >= 0.3 is 0 Å². The van der Waals surface area contributed by atoms with Gasteiger partial charge in [0.25, 0.3) is 0 Å². The van der Waals surface area contributed by atoms with Crippen LogP contribution in [0.15, 0.2) is 35.8 Å². The topological polar surface area (TPSA) is 62.5 Å². The number of hydrogen-bond acceptors (Lipinski definition) is 5. The summed E-state index contributed by atoms with van der Waals surface area (Å²) < 4.78 is 0. The first-order valence-electron chi connectivity index (χ1n) is 7.49. The Morgan fingerprint density at radius 1 is 1.18 bits per heavy atom. The summed E-state index contributed by atoms with van der Waals surface area (Å²) in [5.41, 5.74) is 7.42. The first-order valence-corrected chi connectivity index (χ1v) is 8.37. The van der Waals surface area contributed by atoms with E-state index >= 15 is 0 Å². The molecule has 0 radical (unpaired) electrons. The minimum Gasteiger partial charge on any atom is -0.399 e. The Balaban J connectivity index is 1.58. The van der Waals surface area contributed by atoms with Crippen molar-refractivity contribution in [3.05, 3.63) is 41.4 Å². The lowest BCUT2D eigenvalue weighted by Crippen LogP contribution is -2.36. The second kappa shape index (κ2) is 6.79. The Bertz CT molecular complexity index is 612. The third-order valence-corrected chi connectivity index (χ3v) is 4.71. The van der Waals surface area contributed by atoms with Crippen LogP contribution in [0.1, 0.15) is 12.0 Å². The van der Waals surface area contributed by atoms with E-state index in [4.69, 9.17) is 5.73 Å². The average Bonchev–Trinajstić information content (AvgIpc) is 2.94. The number of benzene rings is 1. The fourth-order valence-corrected chi connectivity index (χ4v) is 3.35.